The van der Waals surface area contributed by atoms with Gasteiger partial charge in [-0.15, -0.1) is 0 Å². The standard InChI is InChI=1S/C13H24N2O3/c1-10(16)14-8-11(17)15-9-13(18)6-4-12(2,3)5-7-13/h18H,4-9H2,1-3H3,(H,14,16)(H,15,17). The van der Waals surface area contributed by atoms with E-state index in [1.807, 2.05) is 0 Å². The summed E-state index contributed by atoms with van der Waals surface area (Å²) < 4.78 is 0. The summed E-state index contributed by atoms with van der Waals surface area (Å²) in [7, 11) is 0. The molecule has 104 valence electrons. The van der Waals surface area contributed by atoms with Crippen LogP contribution >= 0.6 is 0 Å². The summed E-state index contributed by atoms with van der Waals surface area (Å²) in [5.41, 5.74) is -0.506. The highest BCUT2D eigenvalue weighted by atomic mass is 16.3. The SMILES string of the molecule is CC(=O)NCC(=O)NCC1(O)CCC(C)(C)CC1. The molecule has 0 unspecified atom stereocenters. The summed E-state index contributed by atoms with van der Waals surface area (Å²) in [5.74, 6) is -0.494. The Morgan fingerprint density at radius 3 is 2.17 bits per heavy atom. The van der Waals surface area contributed by atoms with Gasteiger partial charge < -0.3 is 15.7 Å². The molecule has 3 N–H and O–H groups in total. The first kappa shape index (κ1) is 15.0. The Hall–Kier alpha value is -1.10. The van der Waals surface area contributed by atoms with Gasteiger partial charge in [-0.1, -0.05) is 13.8 Å². The molecule has 0 aromatic rings. The molecule has 0 aromatic heterocycles. The lowest BCUT2D eigenvalue weighted by atomic mass is 9.71. The van der Waals surface area contributed by atoms with Crippen LogP contribution in [0, 0.1) is 5.41 Å². The van der Waals surface area contributed by atoms with E-state index in [1.165, 1.54) is 6.92 Å². The minimum atomic E-state index is -0.790. The maximum absolute atomic E-state index is 11.4. The van der Waals surface area contributed by atoms with Crippen LogP contribution in [0.2, 0.25) is 0 Å². The Morgan fingerprint density at radius 1 is 1.11 bits per heavy atom. The monoisotopic (exact) mass is 256 g/mol. The van der Waals surface area contributed by atoms with Crippen molar-refractivity contribution in [3.63, 3.8) is 0 Å². The van der Waals surface area contributed by atoms with Gasteiger partial charge in [-0.2, -0.15) is 0 Å². The number of nitrogens with one attached hydrogen (secondary N) is 2. The van der Waals surface area contributed by atoms with Crippen molar-refractivity contribution in [1.82, 2.24) is 10.6 Å². The number of aliphatic hydroxyl groups is 1. The normalized spacial score (nSPS) is 21.1. The van der Waals surface area contributed by atoms with Gasteiger partial charge in [0.25, 0.3) is 0 Å². The molecule has 0 aromatic carbocycles. The average molecular weight is 256 g/mol. The molecular formula is C13H24N2O3. The molecule has 5 nitrogen and oxygen atoms in total. The van der Waals surface area contributed by atoms with Gasteiger partial charge in [-0.25, -0.2) is 0 Å². The minimum Gasteiger partial charge on any atom is -0.388 e. The molecule has 0 bridgehead atoms. The van der Waals surface area contributed by atoms with Crippen LogP contribution in [0.15, 0.2) is 0 Å². The lowest BCUT2D eigenvalue weighted by Gasteiger charge is -2.40. The van der Waals surface area contributed by atoms with E-state index in [-0.39, 0.29) is 30.3 Å². The van der Waals surface area contributed by atoms with Crippen LogP contribution < -0.4 is 10.6 Å². The van der Waals surface area contributed by atoms with Gasteiger partial charge in [0.15, 0.2) is 0 Å². The summed E-state index contributed by atoms with van der Waals surface area (Å²) in [5, 5.41) is 15.4. The van der Waals surface area contributed by atoms with Gasteiger partial charge in [-0.3, -0.25) is 9.59 Å². The summed E-state index contributed by atoms with van der Waals surface area (Å²) >= 11 is 0. The van der Waals surface area contributed by atoms with E-state index in [4.69, 9.17) is 0 Å². The van der Waals surface area contributed by atoms with Gasteiger partial charge in [0, 0.05) is 13.5 Å². The third-order valence-electron chi connectivity index (χ3n) is 3.65. The highest BCUT2D eigenvalue weighted by Crippen LogP contribution is 2.39. The van der Waals surface area contributed by atoms with Crippen molar-refractivity contribution >= 4 is 11.8 Å². The van der Waals surface area contributed by atoms with Gasteiger partial charge in [0.2, 0.25) is 11.8 Å². The molecule has 2 amide bonds. The molecule has 1 aliphatic carbocycles. The van der Waals surface area contributed by atoms with Gasteiger partial charge >= 0.3 is 0 Å². The second kappa shape index (κ2) is 5.69. The quantitative estimate of drug-likeness (QED) is 0.688. The van der Waals surface area contributed by atoms with E-state index >= 15 is 0 Å². The third-order valence-corrected chi connectivity index (χ3v) is 3.65. The maximum atomic E-state index is 11.4. The van der Waals surface area contributed by atoms with Crippen molar-refractivity contribution in [2.24, 2.45) is 5.41 Å². The zero-order chi connectivity index (χ0) is 13.8. The number of carbonyl (C=O) groups excluding carboxylic acids is 2. The number of hydrogen-bond donors (Lipinski definition) is 3. The number of carbonyl (C=O) groups is 2. The first-order valence-electron chi connectivity index (χ1n) is 6.46. The molecule has 0 spiro atoms. The van der Waals surface area contributed by atoms with E-state index in [0.717, 1.165) is 12.8 Å². The van der Waals surface area contributed by atoms with E-state index < -0.39 is 5.60 Å². The maximum Gasteiger partial charge on any atom is 0.239 e. The van der Waals surface area contributed by atoms with Crippen LogP contribution in [-0.2, 0) is 9.59 Å². The molecule has 1 aliphatic rings. The molecule has 0 saturated heterocycles. The number of amides is 2. The zero-order valence-corrected chi connectivity index (χ0v) is 11.5. The molecule has 1 rings (SSSR count). The first-order valence-corrected chi connectivity index (χ1v) is 6.46. The fraction of sp³-hybridized carbons (Fsp3) is 0.846. The first-order chi connectivity index (χ1) is 8.22. The molecule has 5 heteroatoms. The molecule has 0 heterocycles. The Labute approximate surface area is 108 Å². The molecular weight excluding hydrogens is 232 g/mol. The molecule has 1 saturated carbocycles. The van der Waals surface area contributed by atoms with Crippen LogP contribution in [0.4, 0.5) is 0 Å². The van der Waals surface area contributed by atoms with E-state index in [1.54, 1.807) is 0 Å². The van der Waals surface area contributed by atoms with Crippen molar-refractivity contribution in [1.29, 1.82) is 0 Å². The Bertz CT molecular complexity index is 316. The summed E-state index contributed by atoms with van der Waals surface area (Å²) in [6, 6.07) is 0. The smallest absolute Gasteiger partial charge is 0.239 e. The summed E-state index contributed by atoms with van der Waals surface area (Å²) in [6.07, 6.45) is 3.34. The zero-order valence-electron chi connectivity index (χ0n) is 11.5. The van der Waals surface area contributed by atoms with Crippen molar-refractivity contribution in [2.45, 2.75) is 52.1 Å². The average Bonchev–Trinajstić information content (AvgIpc) is 2.29. The van der Waals surface area contributed by atoms with E-state index in [2.05, 4.69) is 24.5 Å². The van der Waals surface area contributed by atoms with Crippen LogP contribution in [0.5, 0.6) is 0 Å². The lowest BCUT2D eigenvalue weighted by Crippen LogP contribution is -2.48. The van der Waals surface area contributed by atoms with Crippen LogP contribution in [-0.4, -0.2) is 35.6 Å². The molecule has 0 aliphatic heterocycles. The van der Waals surface area contributed by atoms with Crippen molar-refractivity contribution in [3.05, 3.63) is 0 Å². The summed E-state index contributed by atoms with van der Waals surface area (Å²) in [6.45, 7) is 5.99. The Morgan fingerprint density at radius 2 is 1.67 bits per heavy atom. The van der Waals surface area contributed by atoms with Crippen LogP contribution in [0.1, 0.15) is 46.5 Å². The predicted octanol–water partition coefficient (Wildman–Crippen LogP) is 0.570. The second-order valence-electron chi connectivity index (χ2n) is 6.08. The minimum absolute atomic E-state index is 0.0308. The fourth-order valence-electron chi connectivity index (χ4n) is 2.10. The number of hydrogen-bond acceptors (Lipinski definition) is 3. The van der Waals surface area contributed by atoms with E-state index in [9.17, 15) is 14.7 Å². The highest BCUT2D eigenvalue weighted by molar-refractivity contribution is 5.83. The van der Waals surface area contributed by atoms with Crippen LogP contribution in [0.3, 0.4) is 0 Å². The largest absolute Gasteiger partial charge is 0.388 e. The third kappa shape index (κ3) is 5.04. The predicted molar refractivity (Wildman–Crippen MR) is 68.9 cm³/mol. The van der Waals surface area contributed by atoms with Crippen molar-refractivity contribution in [2.75, 3.05) is 13.1 Å². The Kier molecular flexibility index (Phi) is 4.73. The number of rotatable bonds is 4. The highest BCUT2D eigenvalue weighted by Gasteiger charge is 2.36. The topological polar surface area (TPSA) is 78.4 Å². The molecule has 0 radical (unpaired) electrons. The van der Waals surface area contributed by atoms with Gasteiger partial charge in [0.05, 0.1) is 12.1 Å². The van der Waals surface area contributed by atoms with Gasteiger partial charge in [-0.05, 0) is 31.1 Å². The summed E-state index contributed by atoms with van der Waals surface area (Å²) in [4.78, 5) is 22.1. The van der Waals surface area contributed by atoms with Crippen LogP contribution in [0.25, 0.3) is 0 Å². The molecule has 0 atom stereocenters. The van der Waals surface area contributed by atoms with Crippen molar-refractivity contribution in [3.8, 4) is 0 Å². The Balaban J connectivity index is 2.30. The second-order valence-corrected chi connectivity index (χ2v) is 6.08. The molecule has 18 heavy (non-hydrogen) atoms. The van der Waals surface area contributed by atoms with Gasteiger partial charge in [0.1, 0.15) is 0 Å². The fourth-order valence-corrected chi connectivity index (χ4v) is 2.10. The van der Waals surface area contributed by atoms with E-state index in [0.29, 0.717) is 12.8 Å². The van der Waals surface area contributed by atoms with Crippen molar-refractivity contribution < 1.29 is 14.7 Å². The lowest BCUT2D eigenvalue weighted by molar-refractivity contribution is -0.126. The molecule has 1 fully saturated rings.